The Kier molecular flexibility index (Phi) is 3.65. The highest BCUT2D eigenvalue weighted by atomic mass is 32.2. The number of anilines is 1. The Balaban J connectivity index is 1.72. The second kappa shape index (κ2) is 5.81. The number of amides is 1. The molecule has 0 fully saturated rings. The predicted octanol–water partition coefficient (Wildman–Crippen LogP) is 4.01. The highest BCUT2D eigenvalue weighted by Gasteiger charge is 2.29. The van der Waals surface area contributed by atoms with Gasteiger partial charge in [0.1, 0.15) is 0 Å². The number of fused-ring (bicyclic) bond motifs is 2. The number of nitrogens with zero attached hydrogens (tertiary/aromatic N) is 1. The molecule has 0 saturated heterocycles. The normalized spacial score (nSPS) is 19.4. The summed E-state index contributed by atoms with van der Waals surface area (Å²) in [5, 5.41) is 0.0784. The number of carbonyl (C=O) groups excluding carboxylic acids is 1. The molecule has 0 radical (unpaired) electrons. The largest absolute Gasteiger partial charge is 0.454 e. The first-order valence-electron chi connectivity index (χ1n) is 7.72. The molecule has 4 nitrogen and oxygen atoms in total. The molecule has 4 rings (SSSR count). The molecule has 0 bridgehead atoms. The molecular weight excluding hydrogens is 310 g/mol. The van der Waals surface area contributed by atoms with Gasteiger partial charge < -0.3 is 14.4 Å². The first-order valence-corrected chi connectivity index (χ1v) is 8.60. The van der Waals surface area contributed by atoms with Crippen LogP contribution in [0.1, 0.15) is 24.2 Å². The first-order chi connectivity index (χ1) is 11.3. The summed E-state index contributed by atoms with van der Waals surface area (Å²) in [6, 6.07) is 14.1. The summed E-state index contributed by atoms with van der Waals surface area (Å²) in [4.78, 5) is 15.7. The number of carbonyl (C=O) groups is 1. The molecule has 0 spiro atoms. The third-order valence-electron chi connectivity index (χ3n) is 4.17. The third kappa shape index (κ3) is 2.55. The van der Waals surface area contributed by atoms with Gasteiger partial charge in [0.25, 0.3) is 0 Å². The summed E-state index contributed by atoms with van der Waals surface area (Å²) in [5.41, 5.74) is 2.11. The van der Waals surface area contributed by atoms with E-state index in [2.05, 4.69) is 6.07 Å². The van der Waals surface area contributed by atoms with E-state index in [-0.39, 0.29) is 18.0 Å². The van der Waals surface area contributed by atoms with E-state index in [4.69, 9.17) is 9.47 Å². The zero-order valence-corrected chi connectivity index (χ0v) is 13.6. The minimum absolute atomic E-state index is 0.0784. The van der Waals surface area contributed by atoms with Crippen LogP contribution in [0.3, 0.4) is 0 Å². The summed E-state index contributed by atoms with van der Waals surface area (Å²) in [6.07, 6.45) is 0.479. The summed E-state index contributed by atoms with van der Waals surface area (Å²) in [6.45, 7) is 2.96. The number of para-hydroxylation sites is 1. The van der Waals surface area contributed by atoms with Crippen molar-refractivity contribution in [2.24, 2.45) is 0 Å². The molecule has 1 atom stereocenters. The van der Waals surface area contributed by atoms with Crippen molar-refractivity contribution in [2.45, 2.75) is 23.5 Å². The second-order valence-corrected chi connectivity index (χ2v) is 6.77. The molecule has 0 aliphatic carbocycles. The molecule has 2 aliphatic heterocycles. The van der Waals surface area contributed by atoms with Crippen molar-refractivity contribution in [1.29, 1.82) is 0 Å². The van der Waals surface area contributed by atoms with Gasteiger partial charge in [-0.2, -0.15) is 0 Å². The molecule has 2 aromatic carbocycles. The van der Waals surface area contributed by atoms with Gasteiger partial charge in [-0.1, -0.05) is 18.2 Å². The van der Waals surface area contributed by atoms with Crippen LogP contribution in [0.5, 0.6) is 11.5 Å². The number of benzene rings is 2. The highest BCUT2D eigenvalue weighted by Crippen LogP contribution is 2.47. The van der Waals surface area contributed by atoms with E-state index in [0.717, 1.165) is 27.6 Å². The lowest BCUT2D eigenvalue weighted by molar-refractivity contribution is -0.118. The molecule has 2 heterocycles. The lowest BCUT2D eigenvalue weighted by atomic mass is 10.1. The van der Waals surface area contributed by atoms with Gasteiger partial charge in [-0.3, -0.25) is 4.79 Å². The van der Waals surface area contributed by atoms with E-state index in [1.54, 1.807) is 11.8 Å². The van der Waals surface area contributed by atoms with Crippen LogP contribution in [-0.4, -0.2) is 19.2 Å². The van der Waals surface area contributed by atoms with E-state index in [9.17, 15) is 4.79 Å². The van der Waals surface area contributed by atoms with Crippen LogP contribution in [0.2, 0.25) is 0 Å². The first kappa shape index (κ1) is 14.5. The Morgan fingerprint density at radius 2 is 2.00 bits per heavy atom. The van der Waals surface area contributed by atoms with Crippen molar-refractivity contribution >= 4 is 23.4 Å². The number of rotatable bonds is 2. The van der Waals surface area contributed by atoms with Gasteiger partial charge >= 0.3 is 0 Å². The Morgan fingerprint density at radius 3 is 2.87 bits per heavy atom. The molecule has 2 aliphatic rings. The number of thioether (sulfide) groups is 1. The lowest BCUT2D eigenvalue weighted by Gasteiger charge is -2.20. The molecule has 0 N–H and O–H groups in total. The minimum Gasteiger partial charge on any atom is -0.454 e. The molecule has 23 heavy (non-hydrogen) atoms. The van der Waals surface area contributed by atoms with Gasteiger partial charge in [0.05, 0.1) is 5.69 Å². The van der Waals surface area contributed by atoms with E-state index in [0.29, 0.717) is 13.0 Å². The highest BCUT2D eigenvalue weighted by molar-refractivity contribution is 7.99. The summed E-state index contributed by atoms with van der Waals surface area (Å²) in [7, 11) is 0. The van der Waals surface area contributed by atoms with Crippen LogP contribution >= 0.6 is 11.8 Å². The molecule has 0 aromatic heterocycles. The fourth-order valence-electron chi connectivity index (χ4n) is 3.02. The summed E-state index contributed by atoms with van der Waals surface area (Å²) >= 11 is 1.74. The van der Waals surface area contributed by atoms with Crippen molar-refractivity contribution in [3.8, 4) is 11.5 Å². The Bertz CT molecular complexity index is 762. The maximum Gasteiger partial charge on any atom is 0.231 e. The fraction of sp³-hybridized carbons (Fsp3) is 0.278. The Hall–Kier alpha value is -2.14. The number of ether oxygens (including phenoxy) is 2. The van der Waals surface area contributed by atoms with E-state index < -0.39 is 0 Å². The van der Waals surface area contributed by atoms with E-state index in [1.165, 1.54) is 0 Å². The van der Waals surface area contributed by atoms with Gasteiger partial charge in [-0.15, -0.1) is 11.8 Å². The molecule has 0 saturated carbocycles. The van der Waals surface area contributed by atoms with Crippen LogP contribution in [-0.2, 0) is 4.79 Å². The third-order valence-corrected chi connectivity index (χ3v) is 5.49. The van der Waals surface area contributed by atoms with Crippen molar-refractivity contribution in [3.63, 3.8) is 0 Å². The van der Waals surface area contributed by atoms with E-state index >= 15 is 0 Å². The topological polar surface area (TPSA) is 38.8 Å². The maximum absolute atomic E-state index is 12.7. The Labute approximate surface area is 139 Å². The molecule has 2 aromatic rings. The van der Waals surface area contributed by atoms with Crippen molar-refractivity contribution < 1.29 is 14.3 Å². The van der Waals surface area contributed by atoms with Gasteiger partial charge in [-0.05, 0) is 36.8 Å². The average molecular weight is 327 g/mol. The quantitative estimate of drug-likeness (QED) is 0.835. The number of hydrogen-bond donors (Lipinski definition) is 0. The Morgan fingerprint density at radius 1 is 1.17 bits per heavy atom. The zero-order valence-electron chi connectivity index (χ0n) is 12.8. The van der Waals surface area contributed by atoms with Crippen molar-refractivity contribution in [2.75, 3.05) is 18.2 Å². The minimum atomic E-state index is 0.0784. The fourth-order valence-corrected chi connectivity index (χ4v) is 4.30. The molecular formula is C18H17NO3S. The molecule has 1 unspecified atom stereocenters. The lowest BCUT2D eigenvalue weighted by Crippen LogP contribution is -2.30. The summed E-state index contributed by atoms with van der Waals surface area (Å²) in [5.74, 6) is 1.70. The predicted molar refractivity (Wildman–Crippen MR) is 90.2 cm³/mol. The van der Waals surface area contributed by atoms with Gasteiger partial charge in [0.15, 0.2) is 11.5 Å². The standard InChI is InChI=1S/C18H17NO3S/c1-2-19-13-5-3-4-6-16(13)23-17(10-18(19)20)12-7-8-14-15(9-12)22-11-21-14/h3-9,17H,2,10-11H2,1H3. The molecule has 1 amide bonds. The van der Waals surface area contributed by atoms with Crippen molar-refractivity contribution in [3.05, 3.63) is 48.0 Å². The zero-order chi connectivity index (χ0) is 15.8. The van der Waals surface area contributed by atoms with Gasteiger partial charge in [0, 0.05) is 23.1 Å². The monoisotopic (exact) mass is 327 g/mol. The smallest absolute Gasteiger partial charge is 0.231 e. The van der Waals surface area contributed by atoms with Gasteiger partial charge in [0.2, 0.25) is 12.7 Å². The van der Waals surface area contributed by atoms with Gasteiger partial charge in [-0.25, -0.2) is 0 Å². The van der Waals surface area contributed by atoms with E-state index in [1.807, 2.05) is 48.2 Å². The van der Waals surface area contributed by atoms with Crippen LogP contribution < -0.4 is 14.4 Å². The second-order valence-electron chi connectivity index (χ2n) is 5.53. The average Bonchev–Trinajstić information content (AvgIpc) is 2.98. The molecule has 5 heteroatoms. The van der Waals surface area contributed by atoms with Crippen LogP contribution in [0.4, 0.5) is 5.69 Å². The maximum atomic E-state index is 12.7. The summed E-state index contributed by atoms with van der Waals surface area (Å²) < 4.78 is 10.8. The van der Waals surface area contributed by atoms with Crippen LogP contribution in [0.15, 0.2) is 47.4 Å². The van der Waals surface area contributed by atoms with Crippen LogP contribution in [0.25, 0.3) is 0 Å². The SMILES string of the molecule is CCN1C(=O)CC(c2ccc3c(c2)OCO3)Sc2ccccc21. The van der Waals surface area contributed by atoms with Crippen molar-refractivity contribution in [1.82, 2.24) is 0 Å². The van der Waals surface area contributed by atoms with Crippen LogP contribution in [0, 0.1) is 0 Å². The number of hydrogen-bond acceptors (Lipinski definition) is 4. The molecule has 118 valence electrons.